The van der Waals surface area contributed by atoms with E-state index in [1.54, 1.807) is 0 Å². The Morgan fingerprint density at radius 2 is 0.878 bits per heavy atom. The first-order valence-corrected chi connectivity index (χ1v) is 14.3. The second kappa shape index (κ2) is 15.0. The maximum atomic E-state index is 12.9. The molecule has 8 N–H and O–H groups in total. The van der Waals surface area contributed by atoms with Crippen molar-refractivity contribution in [1.82, 2.24) is 0 Å². The number of aliphatic carboxylic acids is 1. The molecule has 3 aromatic carbocycles. The van der Waals surface area contributed by atoms with Gasteiger partial charge in [0, 0.05) is 31.1 Å². The quantitative estimate of drug-likeness (QED) is 0.0664. The summed E-state index contributed by atoms with van der Waals surface area (Å²) in [5, 5.41) is 78.4. The Balaban J connectivity index is 1.62. The SMILES string of the molecule is O=C(/C=C/c1ccc(O)c(O)c1)OC1[C@@H](OC(=O)/C=C/c2ccc(O)c(O)c2)CC(O)(C(=O)O)C[C@H]1OC(=O)/C=C/c1ccc(O)c(O)c1. The number of hydrogen-bond donors (Lipinski definition) is 8. The summed E-state index contributed by atoms with van der Waals surface area (Å²) in [5.74, 6) is -7.71. The third-order valence-corrected chi connectivity index (χ3v) is 7.23. The first kappa shape index (κ1) is 35.4. The molecule has 0 heterocycles. The van der Waals surface area contributed by atoms with Crippen molar-refractivity contribution >= 4 is 42.1 Å². The molecule has 0 aromatic heterocycles. The number of hydrogen-bond acceptors (Lipinski definition) is 14. The predicted octanol–water partition coefficient (Wildman–Crippen LogP) is 2.71. The number of carbonyl (C=O) groups is 4. The molecule has 3 aromatic rings. The lowest BCUT2D eigenvalue weighted by molar-refractivity contribution is -0.211. The highest BCUT2D eigenvalue weighted by Gasteiger charge is 2.54. The van der Waals surface area contributed by atoms with Crippen LogP contribution in [0.3, 0.4) is 0 Å². The van der Waals surface area contributed by atoms with E-state index in [0.717, 1.165) is 48.6 Å². The highest BCUT2D eigenvalue weighted by molar-refractivity contribution is 5.89. The van der Waals surface area contributed by atoms with Crippen LogP contribution in [-0.4, -0.2) is 88.6 Å². The van der Waals surface area contributed by atoms with Crippen LogP contribution in [0.1, 0.15) is 29.5 Å². The number of esters is 3. The minimum absolute atomic E-state index is 0.256. The third kappa shape index (κ3) is 9.30. The first-order valence-electron chi connectivity index (χ1n) is 14.3. The van der Waals surface area contributed by atoms with Gasteiger partial charge >= 0.3 is 23.9 Å². The summed E-state index contributed by atoms with van der Waals surface area (Å²) in [7, 11) is 0. The molecule has 0 aliphatic heterocycles. The third-order valence-electron chi connectivity index (χ3n) is 7.23. The second-order valence-electron chi connectivity index (χ2n) is 10.8. The van der Waals surface area contributed by atoms with Crippen molar-refractivity contribution in [2.24, 2.45) is 0 Å². The lowest BCUT2D eigenvalue weighted by Gasteiger charge is -2.41. The fourth-order valence-electron chi connectivity index (χ4n) is 4.74. The molecule has 0 saturated heterocycles. The number of phenolic OH excluding ortho intramolecular Hbond substituents is 6. The number of aliphatic hydroxyl groups is 1. The van der Waals surface area contributed by atoms with Gasteiger partial charge in [0.05, 0.1) is 0 Å². The van der Waals surface area contributed by atoms with Crippen LogP contribution in [0.4, 0.5) is 0 Å². The van der Waals surface area contributed by atoms with Gasteiger partial charge in [0.15, 0.2) is 46.2 Å². The lowest BCUT2D eigenvalue weighted by atomic mass is 9.79. The largest absolute Gasteiger partial charge is 0.504 e. The zero-order valence-corrected chi connectivity index (χ0v) is 25.2. The molecule has 2 unspecified atom stereocenters. The van der Waals surface area contributed by atoms with E-state index in [1.807, 2.05) is 0 Å². The van der Waals surface area contributed by atoms with E-state index >= 15 is 0 Å². The highest BCUT2D eigenvalue weighted by Crippen LogP contribution is 2.36. The van der Waals surface area contributed by atoms with Crippen LogP contribution in [0.2, 0.25) is 0 Å². The van der Waals surface area contributed by atoms with Crippen molar-refractivity contribution in [2.75, 3.05) is 0 Å². The van der Waals surface area contributed by atoms with Gasteiger partial charge in [-0.25, -0.2) is 19.2 Å². The Morgan fingerprint density at radius 1 is 0.551 bits per heavy atom. The van der Waals surface area contributed by atoms with Gasteiger partial charge in [-0.3, -0.25) is 0 Å². The number of carboxylic acid groups (broad SMARTS) is 1. The van der Waals surface area contributed by atoms with Crippen molar-refractivity contribution in [3.8, 4) is 34.5 Å². The standard InChI is InChI=1S/C34H30O15/c35-21-7-1-18(13-24(21)38)4-10-29(41)47-27-16-34(46,33(44)45)17-28(48-30(42)11-5-19-2-8-22(36)25(39)14-19)32(27)49-31(43)12-6-20-3-9-23(37)26(40)15-20/h1-15,27-28,32,35-40,46H,16-17H2,(H,44,45)/b10-4+,11-5+,12-6+/t27-,28+,32?,34?. The summed E-state index contributed by atoms with van der Waals surface area (Å²) in [6.07, 6.45) is -0.436. The van der Waals surface area contributed by atoms with Gasteiger partial charge in [0.25, 0.3) is 0 Å². The molecule has 1 saturated carbocycles. The second-order valence-corrected chi connectivity index (χ2v) is 10.8. The molecule has 0 spiro atoms. The van der Waals surface area contributed by atoms with Crippen LogP contribution < -0.4 is 0 Å². The monoisotopic (exact) mass is 678 g/mol. The Hall–Kier alpha value is -6.48. The van der Waals surface area contributed by atoms with Crippen molar-refractivity contribution < 1.29 is 74.2 Å². The lowest BCUT2D eigenvalue weighted by Crippen LogP contribution is -2.59. The van der Waals surface area contributed by atoms with Gasteiger partial charge in [0.2, 0.25) is 0 Å². The van der Waals surface area contributed by atoms with E-state index in [0.29, 0.717) is 0 Å². The number of rotatable bonds is 10. The molecule has 1 aliphatic rings. The van der Waals surface area contributed by atoms with Gasteiger partial charge in [-0.2, -0.15) is 0 Å². The van der Waals surface area contributed by atoms with Crippen LogP contribution in [0.5, 0.6) is 34.5 Å². The van der Waals surface area contributed by atoms with Gasteiger partial charge in [-0.05, 0) is 71.3 Å². The van der Waals surface area contributed by atoms with Gasteiger partial charge in [0.1, 0.15) is 12.2 Å². The Labute approximate surface area is 277 Å². The highest BCUT2D eigenvalue weighted by atomic mass is 16.6. The van der Waals surface area contributed by atoms with Crippen molar-refractivity contribution in [2.45, 2.75) is 36.8 Å². The number of aromatic hydroxyl groups is 6. The minimum Gasteiger partial charge on any atom is -0.504 e. The fraction of sp³-hybridized carbons (Fsp3) is 0.176. The summed E-state index contributed by atoms with van der Waals surface area (Å²) in [5.41, 5.74) is -1.85. The van der Waals surface area contributed by atoms with Crippen LogP contribution >= 0.6 is 0 Å². The van der Waals surface area contributed by atoms with Gasteiger partial charge in [-0.1, -0.05) is 18.2 Å². The summed E-state index contributed by atoms with van der Waals surface area (Å²) in [6.45, 7) is 0. The maximum absolute atomic E-state index is 12.9. The van der Waals surface area contributed by atoms with E-state index in [-0.39, 0.29) is 16.7 Å². The Bertz CT molecular complexity index is 1760. The molecule has 0 bridgehead atoms. The molecular weight excluding hydrogens is 648 g/mol. The molecule has 15 heteroatoms. The number of carbonyl (C=O) groups excluding carboxylic acids is 3. The molecule has 1 aliphatic carbocycles. The number of benzene rings is 3. The summed E-state index contributed by atoms with van der Waals surface area (Å²) in [6, 6.07) is 11.0. The van der Waals surface area contributed by atoms with Crippen molar-refractivity contribution in [3.63, 3.8) is 0 Å². The number of ether oxygens (including phenoxy) is 3. The zero-order chi connectivity index (χ0) is 35.9. The predicted molar refractivity (Wildman–Crippen MR) is 168 cm³/mol. The van der Waals surface area contributed by atoms with Crippen molar-refractivity contribution in [1.29, 1.82) is 0 Å². The summed E-state index contributed by atoms with van der Waals surface area (Å²) >= 11 is 0. The molecule has 256 valence electrons. The topological polar surface area (TPSA) is 258 Å². The molecule has 0 radical (unpaired) electrons. The first-order chi connectivity index (χ1) is 23.1. The van der Waals surface area contributed by atoms with E-state index < -0.39 is 95.1 Å². The maximum Gasteiger partial charge on any atom is 0.335 e. The number of phenols is 6. The molecule has 15 nitrogen and oxygen atoms in total. The van der Waals surface area contributed by atoms with Gasteiger partial charge in [-0.15, -0.1) is 0 Å². The van der Waals surface area contributed by atoms with Crippen molar-refractivity contribution in [3.05, 3.63) is 89.5 Å². The molecule has 49 heavy (non-hydrogen) atoms. The molecule has 4 atom stereocenters. The number of carboxylic acids is 1. The molecule has 1 fully saturated rings. The Morgan fingerprint density at radius 3 is 1.18 bits per heavy atom. The molecular formula is C34H30O15. The summed E-state index contributed by atoms with van der Waals surface area (Å²) < 4.78 is 16.3. The van der Waals surface area contributed by atoms with Crippen LogP contribution in [-0.2, 0) is 33.4 Å². The smallest absolute Gasteiger partial charge is 0.335 e. The zero-order valence-electron chi connectivity index (χ0n) is 25.2. The fourth-order valence-corrected chi connectivity index (χ4v) is 4.74. The van der Waals surface area contributed by atoms with E-state index in [4.69, 9.17) is 14.2 Å². The van der Waals surface area contributed by atoms with E-state index in [9.17, 15) is 60.0 Å². The summed E-state index contributed by atoms with van der Waals surface area (Å²) in [4.78, 5) is 50.8. The average molecular weight is 679 g/mol. The molecule has 4 rings (SSSR count). The average Bonchev–Trinajstić information content (AvgIpc) is 3.04. The van der Waals surface area contributed by atoms with E-state index in [1.165, 1.54) is 42.5 Å². The van der Waals surface area contributed by atoms with E-state index in [2.05, 4.69) is 0 Å². The van der Waals surface area contributed by atoms with Crippen LogP contribution in [0.25, 0.3) is 18.2 Å². The normalized spacial score (nSPS) is 20.7. The van der Waals surface area contributed by atoms with Crippen LogP contribution in [0, 0.1) is 0 Å². The minimum atomic E-state index is -2.63. The van der Waals surface area contributed by atoms with Gasteiger partial charge < -0.3 is 55.1 Å². The Kier molecular flexibility index (Phi) is 10.8. The van der Waals surface area contributed by atoms with Crippen LogP contribution in [0.15, 0.2) is 72.8 Å². The molecule has 0 amide bonds.